The average Bonchev–Trinajstić information content (AvgIpc) is 2.79. The van der Waals surface area contributed by atoms with Crippen molar-refractivity contribution >= 4 is 34.9 Å². The highest BCUT2D eigenvalue weighted by molar-refractivity contribution is 7.99. The summed E-state index contributed by atoms with van der Waals surface area (Å²) in [5.74, 6) is 0.796. The number of thioether (sulfide) groups is 1. The number of carbonyl (C=O) groups excluding carboxylic acids is 1. The molecule has 1 amide bonds. The summed E-state index contributed by atoms with van der Waals surface area (Å²) in [5.41, 5.74) is 2.92. The van der Waals surface area contributed by atoms with Crippen LogP contribution in [0.5, 0.6) is 0 Å². The van der Waals surface area contributed by atoms with Crippen LogP contribution in [0.3, 0.4) is 0 Å². The molecule has 31 heavy (non-hydrogen) atoms. The van der Waals surface area contributed by atoms with Gasteiger partial charge < -0.3 is 15.1 Å². The molecular formula is C23H24FN5OS. The molecule has 1 aromatic heterocycles. The number of nitrogens with one attached hydrogen (secondary N) is 1. The molecule has 8 heteroatoms. The third kappa shape index (κ3) is 5.73. The Morgan fingerprint density at radius 2 is 1.81 bits per heavy atom. The minimum atomic E-state index is -0.221. The Morgan fingerprint density at radius 3 is 2.55 bits per heavy atom. The van der Waals surface area contributed by atoms with E-state index in [-0.39, 0.29) is 17.5 Å². The highest BCUT2D eigenvalue weighted by Crippen LogP contribution is 2.22. The monoisotopic (exact) mass is 437 g/mol. The number of amides is 1. The fraction of sp³-hybridized carbons (Fsp3) is 0.261. The summed E-state index contributed by atoms with van der Waals surface area (Å²) in [4.78, 5) is 25.6. The van der Waals surface area contributed by atoms with E-state index in [1.807, 2.05) is 49.4 Å². The van der Waals surface area contributed by atoms with E-state index in [1.54, 1.807) is 6.20 Å². The number of nitrogens with zero attached hydrogens (tertiary/aromatic N) is 4. The van der Waals surface area contributed by atoms with Crippen LogP contribution in [-0.2, 0) is 4.79 Å². The van der Waals surface area contributed by atoms with Crippen LogP contribution in [-0.4, -0.2) is 47.8 Å². The molecule has 0 bridgehead atoms. The van der Waals surface area contributed by atoms with Gasteiger partial charge in [-0.3, -0.25) is 4.79 Å². The van der Waals surface area contributed by atoms with Gasteiger partial charge in [0.25, 0.3) is 0 Å². The zero-order chi connectivity index (χ0) is 21.6. The summed E-state index contributed by atoms with van der Waals surface area (Å²) in [5, 5.41) is 3.48. The van der Waals surface area contributed by atoms with E-state index in [2.05, 4.69) is 25.1 Å². The zero-order valence-corrected chi connectivity index (χ0v) is 18.1. The second-order valence-corrected chi connectivity index (χ2v) is 8.30. The lowest BCUT2D eigenvalue weighted by Crippen LogP contribution is -2.46. The fourth-order valence-corrected chi connectivity index (χ4v) is 4.10. The second kappa shape index (κ2) is 9.78. The first kappa shape index (κ1) is 21.1. The van der Waals surface area contributed by atoms with E-state index in [4.69, 9.17) is 0 Å². The summed E-state index contributed by atoms with van der Waals surface area (Å²) in [6.45, 7) is 5.27. The lowest BCUT2D eigenvalue weighted by Gasteiger charge is -2.36. The molecule has 1 aliphatic rings. The fourth-order valence-electron chi connectivity index (χ4n) is 3.47. The van der Waals surface area contributed by atoms with E-state index in [0.717, 1.165) is 48.9 Å². The molecule has 0 radical (unpaired) electrons. The largest absolute Gasteiger partial charge is 0.368 e. The third-order valence-electron chi connectivity index (χ3n) is 5.05. The minimum absolute atomic E-state index is 0.0856. The topological polar surface area (TPSA) is 61.4 Å². The molecule has 4 rings (SSSR count). The molecule has 1 fully saturated rings. The number of halogens is 1. The van der Waals surface area contributed by atoms with Crippen LogP contribution in [0.15, 0.2) is 66.0 Å². The molecule has 2 aromatic carbocycles. The van der Waals surface area contributed by atoms with Crippen molar-refractivity contribution in [2.45, 2.75) is 12.1 Å². The number of piperazine rings is 1. The van der Waals surface area contributed by atoms with Gasteiger partial charge >= 0.3 is 0 Å². The van der Waals surface area contributed by atoms with Crippen LogP contribution in [0.4, 0.5) is 21.6 Å². The van der Waals surface area contributed by atoms with Crippen LogP contribution < -0.4 is 15.1 Å². The van der Waals surface area contributed by atoms with Crippen LogP contribution in [0.25, 0.3) is 0 Å². The highest BCUT2D eigenvalue weighted by atomic mass is 32.2. The minimum Gasteiger partial charge on any atom is -0.368 e. The third-order valence-corrected chi connectivity index (χ3v) is 5.91. The Hall–Kier alpha value is -3.13. The predicted molar refractivity (Wildman–Crippen MR) is 123 cm³/mol. The molecular weight excluding hydrogens is 413 g/mol. The zero-order valence-electron chi connectivity index (χ0n) is 17.3. The van der Waals surface area contributed by atoms with Gasteiger partial charge in [-0.1, -0.05) is 23.9 Å². The van der Waals surface area contributed by atoms with E-state index in [9.17, 15) is 9.18 Å². The maximum atomic E-state index is 13.1. The van der Waals surface area contributed by atoms with E-state index >= 15 is 0 Å². The maximum absolute atomic E-state index is 13.1. The van der Waals surface area contributed by atoms with Crippen LogP contribution in [0.2, 0.25) is 0 Å². The number of rotatable bonds is 6. The van der Waals surface area contributed by atoms with Crippen molar-refractivity contribution in [3.63, 3.8) is 0 Å². The predicted octanol–water partition coefficient (Wildman–Crippen LogP) is 3.98. The van der Waals surface area contributed by atoms with Crippen LogP contribution >= 0.6 is 11.8 Å². The number of aryl methyl sites for hydroxylation is 1. The smallest absolute Gasteiger partial charge is 0.234 e. The summed E-state index contributed by atoms with van der Waals surface area (Å²) < 4.78 is 13.1. The van der Waals surface area contributed by atoms with Crippen molar-refractivity contribution in [1.29, 1.82) is 0 Å². The van der Waals surface area contributed by atoms with Crippen molar-refractivity contribution < 1.29 is 9.18 Å². The second-order valence-electron chi connectivity index (χ2n) is 7.35. The highest BCUT2D eigenvalue weighted by Gasteiger charge is 2.19. The summed E-state index contributed by atoms with van der Waals surface area (Å²) in [7, 11) is 0. The van der Waals surface area contributed by atoms with Gasteiger partial charge in [-0.15, -0.1) is 0 Å². The standard InChI is InChI=1S/C23H24FN5OS/c1-17-3-2-4-19(15-17)26-22(30)16-31-23-25-10-9-21(27-23)29-13-11-28(12-14-29)20-7-5-18(24)6-8-20/h2-10,15H,11-14,16H2,1H3,(H,26,30). The van der Waals surface area contributed by atoms with Crippen LogP contribution in [0, 0.1) is 12.7 Å². The molecule has 0 unspecified atom stereocenters. The summed E-state index contributed by atoms with van der Waals surface area (Å²) >= 11 is 1.32. The van der Waals surface area contributed by atoms with Crippen molar-refractivity contribution in [2.75, 3.05) is 47.0 Å². The molecule has 160 valence electrons. The van der Waals surface area contributed by atoms with Gasteiger partial charge in [0, 0.05) is 43.8 Å². The first-order chi connectivity index (χ1) is 15.1. The Morgan fingerprint density at radius 1 is 1.06 bits per heavy atom. The maximum Gasteiger partial charge on any atom is 0.234 e. The van der Waals surface area contributed by atoms with Gasteiger partial charge in [-0.05, 0) is 55.0 Å². The lowest BCUT2D eigenvalue weighted by atomic mass is 10.2. The molecule has 2 heterocycles. The van der Waals surface area contributed by atoms with Gasteiger partial charge in [0.15, 0.2) is 5.16 Å². The van der Waals surface area contributed by atoms with E-state index in [0.29, 0.717) is 5.16 Å². The summed E-state index contributed by atoms with van der Waals surface area (Å²) in [6.07, 6.45) is 1.73. The SMILES string of the molecule is Cc1cccc(NC(=O)CSc2nccc(N3CCN(c4ccc(F)cc4)CC3)n2)c1. The number of hydrogen-bond donors (Lipinski definition) is 1. The molecule has 1 aliphatic heterocycles. The molecule has 0 atom stereocenters. The molecule has 0 saturated carbocycles. The number of carbonyl (C=O) groups is 1. The van der Waals surface area contributed by atoms with Gasteiger partial charge in [-0.25, -0.2) is 14.4 Å². The molecule has 0 spiro atoms. The van der Waals surface area contributed by atoms with Crippen molar-refractivity contribution in [2.24, 2.45) is 0 Å². The van der Waals surface area contributed by atoms with Gasteiger partial charge in [0.2, 0.25) is 5.91 Å². The van der Waals surface area contributed by atoms with Crippen molar-refractivity contribution in [3.8, 4) is 0 Å². The normalized spacial score (nSPS) is 13.9. The molecule has 6 nitrogen and oxygen atoms in total. The van der Waals surface area contributed by atoms with Gasteiger partial charge in [0.05, 0.1) is 5.75 Å². The summed E-state index contributed by atoms with van der Waals surface area (Å²) in [6, 6.07) is 16.2. The van der Waals surface area contributed by atoms with Gasteiger partial charge in [0.1, 0.15) is 11.6 Å². The number of benzene rings is 2. The molecule has 0 aliphatic carbocycles. The molecule has 3 aromatic rings. The van der Waals surface area contributed by atoms with Gasteiger partial charge in [-0.2, -0.15) is 0 Å². The Kier molecular flexibility index (Phi) is 6.66. The number of hydrogen-bond acceptors (Lipinski definition) is 6. The molecule has 1 saturated heterocycles. The van der Waals surface area contributed by atoms with Crippen molar-refractivity contribution in [3.05, 3.63) is 72.2 Å². The van der Waals surface area contributed by atoms with Crippen molar-refractivity contribution in [1.82, 2.24) is 9.97 Å². The average molecular weight is 438 g/mol. The Labute approximate surface area is 185 Å². The number of aromatic nitrogens is 2. The Bertz CT molecular complexity index is 1040. The molecule has 1 N–H and O–H groups in total. The Balaban J connectivity index is 1.30. The quantitative estimate of drug-likeness (QED) is 0.465. The first-order valence-electron chi connectivity index (χ1n) is 10.1. The van der Waals surface area contributed by atoms with E-state index in [1.165, 1.54) is 23.9 Å². The van der Waals surface area contributed by atoms with E-state index < -0.39 is 0 Å². The number of anilines is 3. The van der Waals surface area contributed by atoms with Crippen LogP contribution in [0.1, 0.15) is 5.56 Å². The first-order valence-corrected chi connectivity index (χ1v) is 11.1. The lowest BCUT2D eigenvalue weighted by molar-refractivity contribution is -0.113.